The van der Waals surface area contributed by atoms with E-state index in [4.69, 9.17) is 4.74 Å². The number of cyclic esters (lactones) is 1. The Morgan fingerprint density at radius 1 is 1.65 bits per heavy atom. The average Bonchev–Trinajstić information content (AvgIpc) is 2.70. The van der Waals surface area contributed by atoms with Crippen LogP contribution in [0.2, 0.25) is 0 Å². The van der Waals surface area contributed by atoms with E-state index in [1.165, 1.54) is 17.0 Å². The molecule has 0 bridgehead atoms. The van der Waals surface area contributed by atoms with Crippen LogP contribution in [0.4, 0.5) is 16.3 Å². The Hall–Kier alpha value is -2.18. The summed E-state index contributed by atoms with van der Waals surface area (Å²) in [7, 11) is 0. The molecular formula is C10H11N3O4. The molecule has 0 radical (unpaired) electrons. The van der Waals surface area contributed by atoms with Gasteiger partial charge in [0.05, 0.1) is 11.0 Å². The van der Waals surface area contributed by atoms with Crippen LogP contribution in [0.15, 0.2) is 18.3 Å². The van der Waals surface area contributed by atoms with Gasteiger partial charge in [-0.3, -0.25) is 15.0 Å². The molecule has 0 spiro atoms. The summed E-state index contributed by atoms with van der Waals surface area (Å²) in [4.78, 5) is 26.8. The summed E-state index contributed by atoms with van der Waals surface area (Å²) in [5.41, 5.74) is -0.102. The molecule has 0 saturated carbocycles. The van der Waals surface area contributed by atoms with Gasteiger partial charge in [0, 0.05) is 6.07 Å². The quantitative estimate of drug-likeness (QED) is 0.590. The molecule has 0 aliphatic carbocycles. The van der Waals surface area contributed by atoms with Crippen LogP contribution in [0, 0.1) is 10.1 Å². The molecule has 2 heterocycles. The molecule has 7 heteroatoms. The van der Waals surface area contributed by atoms with Crippen molar-refractivity contribution in [3.63, 3.8) is 0 Å². The first-order chi connectivity index (χ1) is 8.13. The van der Waals surface area contributed by atoms with Crippen LogP contribution in [0.5, 0.6) is 0 Å². The minimum absolute atomic E-state index is 0.0588. The summed E-state index contributed by atoms with van der Waals surface area (Å²) < 4.78 is 4.91. The molecule has 17 heavy (non-hydrogen) atoms. The van der Waals surface area contributed by atoms with Crippen LogP contribution in [0.3, 0.4) is 0 Å². The van der Waals surface area contributed by atoms with E-state index in [9.17, 15) is 14.9 Å². The predicted octanol–water partition coefficient (Wildman–Crippen LogP) is 1.72. The Labute approximate surface area is 97.2 Å². The Bertz CT molecular complexity index is 445. The second-order valence-corrected chi connectivity index (χ2v) is 3.64. The lowest BCUT2D eigenvalue weighted by atomic mass is 10.2. The van der Waals surface area contributed by atoms with E-state index in [2.05, 4.69) is 4.98 Å². The van der Waals surface area contributed by atoms with E-state index < -0.39 is 11.0 Å². The molecule has 7 nitrogen and oxygen atoms in total. The maximum Gasteiger partial charge on any atom is 0.415 e. The fourth-order valence-corrected chi connectivity index (χ4v) is 1.67. The maximum atomic E-state index is 11.5. The van der Waals surface area contributed by atoms with Crippen molar-refractivity contribution in [3.05, 3.63) is 28.4 Å². The zero-order valence-electron chi connectivity index (χ0n) is 9.20. The lowest BCUT2D eigenvalue weighted by Gasteiger charge is -2.18. The number of nitro groups is 1. The SMILES string of the molecule is CCC1COC(=O)N1c1ccc([N+](=O)[O-])cn1. The highest BCUT2D eigenvalue weighted by Gasteiger charge is 2.33. The fourth-order valence-electron chi connectivity index (χ4n) is 1.67. The molecule has 0 aromatic carbocycles. The van der Waals surface area contributed by atoms with E-state index in [-0.39, 0.29) is 11.7 Å². The van der Waals surface area contributed by atoms with Crippen molar-refractivity contribution in [2.45, 2.75) is 19.4 Å². The van der Waals surface area contributed by atoms with Crippen molar-refractivity contribution in [2.75, 3.05) is 11.5 Å². The minimum Gasteiger partial charge on any atom is -0.447 e. The number of hydrogen-bond acceptors (Lipinski definition) is 5. The molecule has 1 atom stereocenters. The van der Waals surface area contributed by atoms with Gasteiger partial charge in [-0.15, -0.1) is 0 Å². The van der Waals surface area contributed by atoms with Gasteiger partial charge in [0.15, 0.2) is 0 Å². The fraction of sp³-hybridized carbons (Fsp3) is 0.400. The number of pyridine rings is 1. The third-order valence-corrected chi connectivity index (χ3v) is 2.62. The Kier molecular flexibility index (Phi) is 2.90. The largest absolute Gasteiger partial charge is 0.447 e. The molecule has 2 rings (SSSR count). The number of aromatic nitrogens is 1. The average molecular weight is 237 g/mol. The van der Waals surface area contributed by atoms with Gasteiger partial charge in [-0.05, 0) is 12.5 Å². The highest BCUT2D eigenvalue weighted by Crippen LogP contribution is 2.24. The van der Waals surface area contributed by atoms with E-state index in [0.29, 0.717) is 12.4 Å². The lowest BCUT2D eigenvalue weighted by molar-refractivity contribution is -0.385. The molecule has 1 saturated heterocycles. The van der Waals surface area contributed by atoms with Gasteiger partial charge in [0.2, 0.25) is 0 Å². The van der Waals surface area contributed by atoms with Crippen molar-refractivity contribution in [2.24, 2.45) is 0 Å². The molecule has 1 aromatic rings. The molecule has 90 valence electrons. The molecule has 1 aliphatic rings. The first kappa shape index (κ1) is 11.3. The summed E-state index contributed by atoms with van der Waals surface area (Å²) in [5.74, 6) is 0.380. The second-order valence-electron chi connectivity index (χ2n) is 3.64. The number of hydrogen-bond donors (Lipinski definition) is 0. The first-order valence-electron chi connectivity index (χ1n) is 5.20. The van der Waals surface area contributed by atoms with Gasteiger partial charge in [0.1, 0.15) is 18.6 Å². The summed E-state index contributed by atoms with van der Waals surface area (Å²) in [6, 6.07) is 2.71. The number of nitrogens with zero attached hydrogens (tertiary/aromatic N) is 3. The van der Waals surface area contributed by atoms with Gasteiger partial charge in [-0.2, -0.15) is 0 Å². The van der Waals surface area contributed by atoms with Crippen molar-refractivity contribution in [1.29, 1.82) is 0 Å². The summed E-state index contributed by atoms with van der Waals surface area (Å²) >= 11 is 0. The molecule has 1 aromatic heterocycles. The highest BCUT2D eigenvalue weighted by molar-refractivity contribution is 5.89. The third-order valence-electron chi connectivity index (χ3n) is 2.62. The number of anilines is 1. The van der Waals surface area contributed by atoms with Crippen molar-refractivity contribution in [3.8, 4) is 0 Å². The summed E-state index contributed by atoms with van der Waals surface area (Å²) in [5, 5.41) is 10.5. The van der Waals surface area contributed by atoms with Gasteiger partial charge in [-0.1, -0.05) is 6.92 Å². The zero-order valence-corrected chi connectivity index (χ0v) is 9.20. The topological polar surface area (TPSA) is 85.6 Å². The molecular weight excluding hydrogens is 226 g/mol. The van der Waals surface area contributed by atoms with Crippen molar-refractivity contribution in [1.82, 2.24) is 4.98 Å². The van der Waals surface area contributed by atoms with Crippen LogP contribution >= 0.6 is 0 Å². The Balaban J connectivity index is 2.27. The molecule has 1 fully saturated rings. The van der Waals surface area contributed by atoms with Crippen LogP contribution in [0.1, 0.15) is 13.3 Å². The second kappa shape index (κ2) is 4.36. The number of rotatable bonds is 3. The Morgan fingerprint density at radius 3 is 2.94 bits per heavy atom. The van der Waals surface area contributed by atoms with Crippen LogP contribution in [-0.4, -0.2) is 28.6 Å². The minimum atomic E-state index is -0.531. The van der Waals surface area contributed by atoms with Gasteiger partial charge in [0.25, 0.3) is 5.69 Å². The molecule has 1 amide bonds. The van der Waals surface area contributed by atoms with E-state index >= 15 is 0 Å². The van der Waals surface area contributed by atoms with E-state index in [1.807, 2.05) is 6.92 Å². The van der Waals surface area contributed by atoms with Crippen molar-refractivity contribution >= 4 is 17.6 Å². The van der Waals surface area contributed by atoms with E-state index in [0.717, 1.165) is 12.6 Å². The van der Waals surface area contributed by atoms with Gasteiger partial charge < -0.3 is 4.74 Å². The van der Waals surface area contributed by atoms with Crippen LogP contribution < -0.4 is 4.90 Å². The molecule has 0 N–H and O–H groups in total. The number of amides is 1. The number of carbonyl (C=O) groups excluding carboxylic acids is 1. The number of carbonyl (C=O) groups is 1. The first-order valence-corrected chi connectivity index (χ1v) is 5.20. The van der Waals surface area contributed by atoms with Gasteiger partial charge in [-0.25, -0.2) is 9.78 Å². The highest BCUT2D eigenvalue weighted by atomic mass is 16.6. The van der Waals surface area contributed by atoms with Crippen LogP contribution in [-0.2, 0) is 4.74 Å². The molecule has 1 aliphatic heterocycles. The smallest absolute Gasteiger partial charge is 0.415 e. The third kappa shape index (κ3) is 2.03. The maximum absolute atomic E-state index is 11.5. The normalized spacial score (nSPS) is 19.2. The van der Waals surface area contributed by atoms with Gasteiger partial charge >= 0.3 is 6.09 Å². The predicted molar refractivity (Wildman–Crippen MR) is 58.8 cm³/mol. The summed E-state index contributed by atoms with van der Waals surface area (Å²) in [6.07, 6.45) is 1.41. The van der Waals surface area contributed by atoms with Crippen LogP contribution in [0.25, 0.3) is 0 Å². The summed E-state index contributed by atoms with van der Waals surface area (Å²) in [6.45, 7) is 2.26. The van der Waals surface area contributed by atoms with Crippen molar-refractivity contribution < 1.29 is 14.5 Å². The zero-order chi connectivity index (χ0) is 12.4. The Morgan fingerprint density at radius 2 is 2.41 bits per heavy atom. The molecule has 1 unspecified atom stereocenters. The van der Waals surface area contributed by atoms with E-state index in [1.54, 1.807) is 0 Å². The standard InChI is InChI=1S/C10H11N3O4/c1-2-7-6-17-10(14)12(7)9-4-3-8(5-11-9)13(15)16/h3-5,7H,2,6H2,1H3. The monoisotopic (exact) mass is 237 g/mol. The lowest BCUT2D eigenvalue weighted by Crippen LogP contribution is -2.33. The number of ether oxygens (including phenoxy) is 1.